The van der Waals surface area contributed by atoms with Crippen LogP contribution in [0.1, 0.15) is 44.2 Å². The second-order valence-electron chi connectivity index (χ2n) is 5.32. The van der Waals surface area contributed by atoms with Crippen LogP contribution in [0.2, 0.25) is 0 Å². The number of methoxy groups -OCH3 is 1. The van der Waals surface area contributed by atoms with Gasteiger partial charge in [0.25, 0.3) is 0 Å². The third kappa shape index (κ3) is 4.57. The molecular formula is C17H26O3. The van der Waals surface area contributed by atoms with Crippen molar-refractivity contribution in [3.05, 3.63) is 35.4 Å². The van der Waals surface area contributed by atoms with Crippen molar-refractivity contribution in [1.29, 1.82) is 0 Å². The lowest BCUT2D eigenvalue weighted by Gasteiger charge is -2.16. The fraction of sp³-hybridized carbons (Fsp3) is 0.529. The highest BCUT2D eigenvalue weighted by atomic mass is 16.5. The van der Waals surface area contributed by atoms with Crippen molar-refractivity contribution in [2.75, 3.05) is 7.11 Å². The van der Waals surface area contributed by atoms with Gasteiger partial charge < -0.3 is 14.9 Å². The summed E-state index contributed by atoms with van der Waals surface area (Å²) in [6, 6.07) is 3.73. The molecule has 20 heavy (non-hydrogen) atoms. The highest BCUT2D eigenvalue weighted by molar-refractivity contribution is 5.48. The van der Waals surface area contributed by atoms with Gasteiger partial charge in [0.15, 0.2) is 0 Å². The summed E-state index contributed by atoms with van der Waals surface area (Å²) in [5.74, 6) is 0.827. The Hall–Kier alpha value is -1.48. The summed E-state index contributed by atoms with van der Waals surface area (Å²) in [7, 11) is 1.58. The molecule has 1 unspecified atom stereocenters. The number of unbranched alkanes of at least 4 members (excludes halogenated alkanes) is 2. The number of benzene rings is 1. The van der Waals surface area contributed by atoms with E-state index in [0.29, 0.717) is 23.3 Å². The summed E-state index contributed by atoms with van der Waals surface area (Å²) in [4.78, 5) is 0. The third-order valence-corrected chi connectivity index (χ3v) is 3.50. The summed E-state index contributed by atoms with van der Waals surface area (Å²) in [5.41, 5.74) is 2.39. The Bertz CT molecular complexity index is 452. The van der Waals surface area contributed by atoms with E-state index in [2.05, 4.69) is 13.5 Å². The van der Waals surface area contributed by atoms with Gasteiger partial charge in [-0.2, -0.15) is 0 Å². The number of phenols is 1. The predicted molar refractivity (Wildman–Crippen MR) is 82.4 cm³/mol. The first-order valence-corrected chi connectivity index (χ1v) is 7.21. The largest absolute Gasteiger partial charge is 0.508 e. The highest BCUT2D eigenvalue weighted by Gasteiger charge is 2.16. The minimum atomic E-state index is -0.666. The minimum Gasteiger partial charge on any atom is -0.508 e. The SMILES string of the molecule is C=C(C)C(O)Cc1c(O)cc(CCCCC)cc1OC. The molecule has 0 fully saturated rings. The van der Waals surface area contributed by atoms with Gasteiger partial charge >= 0.3 is 0 Å². The molecule has 0 bridgehead atoms. The normalized spacial score (nSPS) is 12.2. The quantitative estimate of drug-likeness (QED) is 0.564. The van der Waals surface area contributed by atoms with Gasteiger partial charge in [0.2, 0.25) is 0 Å². The van der Waals surface area contributed by atoms with Crippen LogP contribution in [0.4, 0.5) is 0 Å². The highest BCUT2D eigenvalue weighted by Crippen LogP contribution is 2.32. The first-order chi connectivity index (χ1) is 9.49. The summed E-state index contributed by atoms with van der Waals surface area (Å²) >= 11 is 0. The van der Waals surface area contributed by atoms with Crippen LogP contribution >= 0.6 is 0 Å². The van der Waals surface area contributed by atoms with Crippen molar-refractivity contribution in [2.45, 2.75) is 52.1 Å². The number of aryl methyl sites for hydroxylation is 1. The molecule has 1 aromatic rings. The second kappa shape index (κ2) is 7.95. The Morgan fingerprint density at radius 3 is 2.60 bits per heavy atom. The van der Waals surface area contributed by atoms with E-state index in [1.807, 2.05) is 6.07 Å². The summed E-state index contributed by atoms with van der Waals surface area (Å²) in [5, 5.41) is 20.1. The molecule has 2 N–H and O–H groups in total. The second-order valence-corrected chi connectivity index (χ2v) is 5.32. The topological polar surface area (TPSA) is 49.7 Å². The molecule has 0 aliphatic rings. The van der Waals surface area contributed by atoms with Crippen LogP contribution in [0, 0.1) is 0 Å². The first kappa shape index (κ1) is 16.6. The van der Waals surface area contributed by atoms with Crippen molar-refractivity contribution >= 4 is 0 Å². The van der Waals surface area contributed by atoms with Gasteiger partial charge in [0.1, 0.15) is 11.5 Å². The standard InChI is InChI=1S/C17H26O3/c1-5-6-7-8-13-9-16(19)14(17(10-13)20-4)11-15(18)12(2)3/h9-10,15,18-19H,2,5-8,11H2,1,3-4H3. The van der Waals surface area contributed by atoms with E-state index in [9.17, 15) is 10.2 Å². The number of aliphatic hydroxyl groups excluding tert-OH is 1. The van der Waals surface area contributed by atoms with Crippen LogP contribution in [0.25, 0.3) is 0 Å². The molecule has 0 heterocycles. The molecule has 0 radical (unpaired) electrons. The zero-order valence-corrected chi connectivity index (χ0v) is 12.8. The van der Waals surface area contributed by atoms with Gasteiger partial charge in [-0.15, -0.1) is 0 Å². The van der Waals surface area contributed by atoms with Gasteiger partial charge in [0.05, 0.1) is 13.2 Å². The van der Waals surface area contributed by atoms with Crippen molar-refractivity contribution in [2.24, 2.45) is 0 Å². The van der Waals surface area contributed by atoms with E-state index in [1.54, 1.807) is 20.1 Å². The number of hydrogen-bond donors (Lipinski definition) is 2. The molecular weight excluding hydrogens is 252 g/mol. The number of hydrogen-bond acceptors (Lipinski definition) is 3. The molecule has 0 spiro atoms. The van der Waals surface area contributed by atoms with Crippen molar-refractivity contribution in [1.82, 2.24) is 0 Å². The smallest absolute Gasteiger partial charge is 0.126 e. The Morgan fingerprint density at radius 2 is 2.05 bits per heavy atom. The van der Waals surface area contributed by atoms with Gasteiger partial charge in [-0.1, -0.05) is 31.9 Å². The van der Waals surface area contributed by atoms with Crippen LogP contribution in [0.5, 0.6) is 11.5 Å². The Balaban J connectivity index is 2.92. The molecule has 3 nitrogen and oxygen atoms in total. The lowest BCUT2D eigenvalue weighted by Crippen LogP contribution is -2.12. The summed E-state index contributed by atoms with van der Waals surface area (Å²) in [6.07, 6.45) is 4.04. The van der Waals surface area contributed by atoms with E-state index in [1.165, 1.54) is 12.8 Å². The maximum absolute atomic E-state index is 10.2. The van der Waals surface area contributed by atoms with Gasteiger partial charge in [0, 0.05) is 12.0 Å². The molecule has 112 valence electrons. The van der Waals surface area contributed by atoms with Crippen molar-refractivity contribution in [3.63, 3.8) is 0 Å². The molecule has 0 saturated carbocycles. The van der Waals surface area contributed by atoms with Gasteiger partial charge in [-0.25, -0.2) is 0 Å². The maximum Gasteiger partial charge on any atom is 0.126 e. The lowest BCUT2D eigenvalue weighted by atomic mass is 9.98. The fourth-order valence-electron chi connectivity index (χ4n) is 2.16. The molecule has 1 aromatic carbocycles. The molecule has 3 heteroatoms. The first-order valence-electron chi connectivity index (χ1n) is 7.21. The van der Waals surface area contributed by atoms with Crippen molar-refractivity contribution in [3.8, 4) is 11.5 Å². The third-order valence-electron chi connectivity index (χ3n) is 3.50. The molecule has 1 atom stereocenters. The van der Waals surface area contributed by atoms with Gasteiger partial charge in [-0.05, 0) is 37.5 Å². The molecule has 0 aliphatic heterocycles. The van der Waals surface area contributed by atoms with Crippen LogP contribution in [-0.2, 0) is 12.8 Å². The number of ether oxygens (including phenoxy) is 1. The zero-order valence-electron chi connectivity index (χ0n) is 12.8. The van der Waals surface area contributed by atoms with E-state index in [-0.39, 0.29) is 5.75 Å². The summed E-state index contributed by atoms with van der Waals surface area (Å²) < 4.78 is 5.35. The zero-order chi connectivity index (χ0) is 15.1. The minimum absolute atomic E-state index is 0.191. The van der Waals surface area contributed by atoms with Crippen LogP contribution in [0.3, 0.4) is 0 Å². The van der Waals surface area contributed by atoms with E-state index in [4.69, 9.17) is 4.74 Å². The molecule has 0 aromatic heterocycles. The van der Waals surface area contributed by atoms with Crippen LogP contribution in [-0.4, -0.2) is 23.4 Å². The molecule has 0 amide bonds. The van der Waals surface area contributed by atoms with Crippen LogP contribution in [0.15, 0.2) is 24.3 Å². The fourth-order valence-corrected chi connectivity index (χ4v) is 2.16. The molecule has 0 saturated heterocycles. The Morgan fingerprint density at radius 1 is 1.35 bits per heavy atom. The summed E-state index contributed by atoms with van der Waals surface area (Å²) in [6.45, 7) is 7.67. The average Bonchev–Trinajstić information content (AvgIpc) is 2.41. The lowest BCUT2D eigenvalue weighted by molar-refractivity contribution is 0.209. The number of phenolic OH excluding ortho intramolecular Hbond substituents is 1. The number of rotatable bonds is 8. The Labute approximate surface area is 121 Å². The number of aromatic hydroxyl groups is 1. The maximum atomic E-state index is 10.2. The average molecular weight is 278 g/mol. The van der Waals surface area contributed by atoms with E-state index in [0.717, 1.165) is 18.4 Å². The van der Waals surface area contributed by atoms with Crippen molar-refractivity contribution < 1.29 is 14.9 Å². The van der Waals surface area contributed by atoms with Gasteiger partial charge in [-0.3, -0.25) is 0 Å². The Kier molecular flexibility index (Phi) is 6.59. The van der Waals surface area contributed by atoms with E-state index < -0.39 is 6.10 Å². The van der Waals surface area contributed by atoms with Crippen LogP contribution < -0.4 is 4.74 Å². The number of aliphatic hydroxyl groups is 1. The van der Waals surface area contributed by atoms with E-state index >= 15 is 0 Å². The predicted octanol–water partition coefficient (Wildman–Crippen LogP) is 3.61. The monoisotopic (exact) mass is 278 g/mol. The molecule has 0 aliphatic carbocycles. The molecule has 1 rings (SSSR count).